The van der Waals surface area contributed by atoms with Gasteiger partial charge in [-0.1, -0.05) is 12.5 Å². The van der Waals surface area contributed by atoms with Gasteiger partial charge in [0.05, 0.1) is 14.2 Å². The molecule has 0 saturated carbocycles. The molecule has 1 aromatic carbocycles. The van der Waals surface area contributed by atoms with E-state index >= 15 is 0 Å². The van der Waals surface area contributed by atoms with Crippen molar-refractivity contribution in [1.29, 1.82) is 0 Å². The van der Waals surface area contributed by atoms with E-state index in [-0.39, 0.29) is 0 Å². The summed E-state index contributed by atoms with van der Waals surface area (Å²) in [5, 5.41) is 2.30. The molecule has 1 N–H and O–H groups in total. The Kier molecular flexibility index (Phi) is 4.84. The van der Waals surface area contributed by atoms with E-state index < -0.39 is 0 Å². The quantitative estimate of drug-likeness (QED) is 0.868. The zero-order chi connectivity index (χ0) is 12.8. The third-order valence-corrected chi connectivity index (χ3v) is 3.34. The first kappa shape index (κ1) is 13.2. The molecule has 2 rings (SSSR count). The van der Waals surface area contributed by atoms with Gasteiger partial charge in [0, 0.05) is 31.3 Å². The second kappa shape index (κ2) is 6.61. The second-order valence-electron chi connectivity index (χ2n) is 4.56. The van der Waals surface area contributed by atoms with Crippen LogP contribution in [-0.2, 0) is 6.54 Å². The molecule has 0 bridgehead atoms. The lowest BCUT2D eigenvalue weighted by molar-refractivity contribution is 0.150. The molecule has 4 nitrogen and oxygen atoms in total. The van der Waals surface area contributed by atoms with Gasteiger partial charge in [0.1, 0.15) is 11.5 Å². The van der Waals surface area contributed by atoms with E-state index in [1.54, 1.807) is 14.2 Å². The molecule has 1 fully saturated rings. The van der Waals surface area contributed by atoms with Gasteiger partial charge in [-0.15, -0.1) is 0 Å². The molecule has 100 valence electrons. The topological polar surface area (TPSA) is 33.7 Å². The Morgan fingerprint density at radius 1 is 1.11 bits per heavy atom. The fraction of sp³-hybridized carbons (Fsp3) is 0.571. The van der Waals surface area contributed by atoms with Gasteiger partial charge < -0.3 is 9.47 Å². The molecule has 4 heteroatoms. The molecule has 1 aliphatic rings. The highest BCUT2D eigenvalue weighted by Crippen LogP contribution is 2.24. The molecule has 0 aromatic heterocycles. The van der Waals surface area contributed by atoms with Gasteiger partial charge in [0.25, 0.3) is 0 Å². The lowest BCUT2D eigenvalue weighted by Crippen LogP contribution is -2.41. The summed E-state index contributed by atoms with van der Waals surface area (Å²) in [6, 6.07) is 5.94. The van der Waals surface area contributed by atoms with Crippen LogP contribution in [0.5, 0.6) is 11.5 Å². The number of hydrogen-bond donors (Lipinski definition) is 1. The standard InChI is InChI=1S/C14H22N2O2/c1-17-13-7-6-12(14(10-13)18-2)11-15-16-8-4-3-5-9-16/h6-7,10,15H,3-5,8-9,11H2,1-2H3. The lowest BCUT2D eigenvalue weighted by atomic mass is 10.1. The molecule has 1 heterocycles. The van der Waals surface area contributed by atoms with Crippen LogP contribution in [-0.4, -0.2) is 32.3 Å². The largest absolute Gasteiger partial charge is 0.497 e. The van der Waals surface area contributed by atoms with Crippen LogP contribution in [0.4, 0.5) is 0 Å². The van der Waals surface area contributed by atoms with Crippen LogP contribution in [0.2, 0.25) is 0 Å². The summed E-state index contributed by atoms with van der Waals surface area (Å²) in [5.74, 6) is 1.70. The Balaban J connectivity index is 1.95. The Labute approximate surface area is 109 Å². The van der Waals surface area contributed by atoms with Crippen LogP contribution in [0.1, 0.15) is 24.8 Å². The molecule has 18 heavy (non-hydrogen) atoms. The molecule has 0 spiro atoms. The number of hydrogen-bond acceptors (Lipinski definition) is 4. The number of hydrazine groups is 1. The van der Waals surface area contributed by atoms with E-state index in [0.717, 1.165) is 36.7 Å². The number of nitrogens with zero attached hydrogens (tertiary/aromatic N) is 1. The predicted molar refractivity (Wildman–Crippen MR) is 71.8 cm³/mol. The Morgan fingerprint density at radius 2 is 1.89 bits per heavy atom. The summed E-state index contributed by atoms with van der Waals surface area (Å²) in [5.41, 5.74) is 4.62. The molecule has 0 atom stereocenters. The molecular formula is C14H22N2O2. The van der Waals surface area contributed by atoms with Crippen molar-refractivity contribution in [2.75, 3.05) is 27.3 Å². The molecule has 1 aliphatic heterocycles. The number of rotatable bonds is 5. The minimum absolute atomic E-state index is 0.799. The van der Waals surface area contributed by atoms with Crippen molar-refractivity contribution in [3.63, 3.8) is 0 Å². The van der Waals surface area contributed by atoms with Gasteiger partial charge in [-0.05, 0) is 18.9 Å². The van der Waals surface area contributed by atoms with E-state index in [2.05, 4.69) is 16.5 Å². The fourth-order valence-electron chi connectivity index (χ4n) is 2.25. The summed E-state index contributed by atoms with van der Waals surface area (Å²) >= 11 is 0. The van der Waals surface area contributed by atoms with Crippen molar-refractivity contribution in [3.8, 4) is 11.5 Å². The summed E-state index contributed by atoms with van der Waals surface area (Å²) in [7, 11) is 3.36. The van der Waals surface area contributed by atoms with Crippen molar-refractivity contribution in [1.82, 2.24) is 10.4 Å². The number of methoxy groups -OCH3 is 2. The predicted octanol–water partition coefficient (Wildman–Crippen LogP) is 2.19. The van der Waals surface area contributed by atoms with Crippen LogP contribution < -0.4 is 14.9 Å². The number of benzene rings is 1. The molecule has 0 aliphatic carbocycles. The highest BCUT2D eigenvalue weighted by atomic mass is 16.5. The Hall–Kier alpha value is -1.26. The zero-order valence-electron chi connectivity index (χ0n) is 11.2. The fourth-order valence-corrected chi connectivity index (χ4v) is 2.25. The molecule has 1 saturated heterocycles. The number of piperidine rings is 1. The summed E-state index contributed by atoms with van der Waals surface area (Å²) in [6.45, 7) is 3.07. The van der Waals surface area contributed by atoms with Crippen molar-refractivity contribution in [2.24, 2.45) is 0 Å². The van der Waals surface area contributed by atoms with E-state index in [1.165, 1.54) is 19.3 Å². The zero-order valence-corrected chi connectivity index (χ0v) is 11.2. The van der Waals surface area contributed by atoms with Crippen molar-refractivity contribution < 1.29 is 9.47 Å². The molecule has 1 aromatic rings. The molecule has 0 radical (unpaired) electrons. The number of ether oxygens (including phenoxy) is 2. The maximum absolute atomic E-state index is 5.39. The first-order chi connectivity index (χ1) is 8.83. The maximum Gasteiger partial charge on any atom is 0.127 e. The van der Waals surface area contributed by atoms with Gasteiger partial charge in [-0.25, -0.2) is 5.01 Å². The Morgan fingerprint density at radius 3 is 2.56 bits per heavy atom. The number of nitrogens with one attached hydrogen (secondary N) is 1. The third kappa shape index (κ3) is 3.37. The second-order valence-corrected chi connectivity index (χ2v) is 4.56. The van der Waals surface area contributed by atoms with E-state index in [9.17, 15) is 0 Å². The van der Waals surface area contributed by atoms with Gasteiger partial charge >= 0.3 is 0 Å². The summed E-state index contributed by atoms with van der Waals surface area (Å²) < 4.78 is 10.6. The average molecular weight is 250 g/mol. The van der Waals surface area contributed by atoms with Crippen molar-refractivity contribution >= 4 is 0 Å². The van der Waals surface area contributed by atoms with E-state index in [1.807, 2.05) is 12.1 Å². The first-order valence-electron chi connectivity index (χ1n) is 6.53. The molecule has 0 unspecified atom stereocenters. The van der Waals surface area contributed by atoms with E-state index in [0.29, 0.717) is 0 Å². The lowest BCUT2D eigenvalue weighted by Gasteiger charge is -2.27. The summed E-state index contributed by atoms with van der Waals surface area (Å²) in [4.78, 5) is 0. The van der Waals surface area contributed by atoms with Crippen LogP contribution in [0.25, 0.3) is 0 Å². The van der Waals surface area contributed by atoms with Gasteiger partial charge in [-0.2, -0.15) is 0 Å². The highest BCUT2D eigenvalue weighted by molar-refractivity contribution is 5.40. The van der Waals surface area contributed by atoms with Crippen LogP contribution in [0, 0.1) is 0 Å². The highest BCUT2D eigenvalue weighted by Gasteiger charge is 2.11. The Bertz CT molecular complexity index is 376. The van der Waals surface area contributed by atoms with Gasteiger partial charge in [0.15, 0.2) is 0 Å². The van der Waals surface area contributed by atoms with Crippen molar-refractivity contribution in [3.05, 3.63) is 23.8 Å². The van der Waals surface area contributed by atoms with Crippen LogP contribution >= 0.6 is 0 Å². The first-order valence-corrected chi connectivity index (χ1v) is 6.53. The summed E-state index contributed by atoms with van der Waals surface area (Å²) in [6.07, 6.45) is 3.92. The monoisotopic (exact) mass is 250 g/mol. The van der Waals surface area contributed by atoms with Gasteiger partial charge in [-0.3, -0.25) is 5.43 Å². The van der Waals surface area contributed by atoms with E-state index in [4.69, 9.17) is 9.47 Å². The molecular weight excluding hydrogens is 228 g/mol. The molecule has 0 amide bonds. The van der Waals surface area contributed by atoms with Crippen LogP contribution in [0.3, 0.4) is 0 Å². The van der Waals surface area contributed by atoms with Crippen LogP contribution in [0.15, 0.2) is 18.2 Å². The smallest absolute Gasteiger partial charge is 0.127 e. The minimum Gasteiger partial charge on any atom is -0.497 e. The SMILES string of the molecule is COc1ccc(CNN2CCCCC2)c(OC)c1. The minimum atomic E-state index is 0.799. The third-order valence-electron chi connectivity index (χ3n) is 3.34. The average Bonchev–Trinajstić information content (AvgIpc) is 2.46. The normalized spacial score (nSPS) is 16.6. The maximum atomic E-state index is 5.39. The van der Waals surface area contributed by atoms with Crippen molar-refractivity contribution in [2.45, 2.75) is 25.8 Å². The van der Waals surface area contributed by atoms with Gasteiger partial charge in [0.2, 0.25) is 0 Å².